The molecule has 82 valence electrons. The molecule has 0 aromatic carbocycles. The van der Waals surface area contributed by atoms with Crippen molar-refractivity contribution in [1.82, 2.24) is 5.32 Å². The Morgan fingerprint density at radius 2 is 2.00 bits per heavy atom. The molecule has 0 aromatic heterocycles. The van der Waals surface area contributed by atoms with Crippen molar-refractivity contribution in [3.8, 4) is 0 Å². The molecule has 0 aliphatic heterocycles. The maximum atomic E-state index is 11.6. The Labute approximate surface area is 86.3 Å². The Balaban J connectivity index is 3.85. The Kier molecular flexibility index (Phi) is 7.30. The number of rotatable bonds is 8. The van der Waals surface area contributed by atoms with Crippen LogP contribution in [0.1, 0.15) is 40.0 Å². The second kappa shape index (κ2) is 7.68. The van der Waals surface area contributed by atoms with E-state index in [1.54, 1.807) is 0 Å². The minimum atomic E-state index is -0.0935. The summed E-state index contributed by atoms with van der Waals surface area (Å²) in [6, 6.07) is 0.368. The fourth-order valence-electron chi connectivity index (χ4n) is 1.21. The van der Waals surface area contributed by atoms with E-state index in [9.17, 15) is 9.59 Å². The van der Waals surface area contributed by atoms with E-state index < -0.39 is 0 Å². The summed E-state index contributed by atoms with van der Waals surface area (Å²) in [6.07, 6.45) is 2.95. The lowest BCUT2D eigenvalue weighted by atomic mass is 9.98. The quantitative estimate of drug-likeness (QED) is 0.603. The van der Waals surface area contributed by atoms with Crippen molar-refractivity contribution >= 4 is 12.1 Å². The van der Waals surface area contributed by atoms with E-state index in [2.05, 4.69) is 12.2 Å². The molecule has 3 heteroatoms. The monoisotopic (exact) mass is 199 g/mol. The number of nitrogens with one attached hydrogen (secondary N) is 1. The summed E-state index contributed by atoms with van der Waals surface area (Å²) in [7, 11) is 0. The van der Waals surface area contributed by atoms with Crippen LogP contribution in [0.3, 0.4) is 0 Å². The van der Waals surface area contributed by atoms with Gasteiger partial charge in [0.25, 0.3) is 0 Å². The van der Waals surface area contributed by atoms with Crippen LogP contribution < -0.4 is 5.32 Å². The molecule has 0 fully saturated rings. The van der Waals surface area contributed by atoms with Gasteiger partial charge in [-0.2, -0.15) is 0 Å². The summed E-state index contributed by atoms with van der Waals surface area (Å²) < 4.78 is 0. The molecule has 3 nitrogen and oxygen atoms in total. The first-order valence-electron chi connectivity index (χ1n) is 5.35. The van der Waals surface area contributed by atoms with Gasteiger partial charge in [0, 0.05) is 18.4 Å². The second-order valence-electron chi connectivity index (χ2n) is 3.66. The fraction of sp³-hybridized carbons (Fsp3) is 0.818. The summed E-state index contributed by atoms with van der Waals surface area (Å²) in [4.78, 5) is 21.9. The van der Waals surface area contributed by atoms with Crippen molar-refractivity contribution < 1.29 is 9.59 Å². The van der Waals surface area contributed by atoms with Crippen LogP contribution in [-0.2, 0) is 9.59 Å². The first-order valence-corrected chi connectivity index (χ1v) is 5.35. The first-order chi connectivity index (χ1) is 6.65. The maximum absolute atomic E-state index is 11.6. The van der Waals surface area contributed by atoms with E-state index in [0.29, 0.717) is 19.0 Å². The normalized spacial score (nSPS) is 14.8. The number of hydrogen-bond acceptors (Lipinski definition) is 3. The van der Waals surface area contributed by atoms with E-state index in [4.69, 9.17) is 0 Å². The highest BCUT2D eigenvalue weighted by Gasteiger charge is 2.15. The highest BCUT2D eigenvalue weighted by atomic mass is 16.1. The van der Waals surface area contributed by atoms with Gasteiger partial charge in [-0.1, -0.05) is 13.8 Å². The molecule has 0 aromatic rings. The molecule has 14 heavy (non-hydrogen) atoms. The van der Waals surface area contributed by atoms with Crippen LogP contribution in [0.4, 0.5) is 0 Å². The molecule has 0 saturated heterocycles. The van der Waals surface area contributed by atoms with Crippen LogP contribution in [-0.4, -0.2) is 24.7 Å². The third-order valence-corrected chi connectivity index (χ3v) is 2.57. The first kappa shape index (κ1) is 13.3. The van der Waals surface area contributed by atoms with Gasteiger partial charge in [0.15, 0.2) is 0 Å². The predicted octanol–water partition coefficient (Wildman–Crippen LogP) is 1.56. The molecule has 2 atom stereocenters. The highest BCUT2D eigenvalue weighted by Crippen LogP contribution is 2.07. The van der Waals surface area contributed by atoms with Crippen LogP contribution >= 0.6 is 0 Å². The zero-order valence-corrected chi connectivity index (χ0v) is 9.38. The van der Waals surface area contributed by atoms with Crippen LogP contribution in [0, 0.1) is 5.92 Å². The highest BCUT2D eigenvalue weighted by molar-refractivity contribution is 5.84. The second-order valence-corrected chi connectivity index (χ2v) is 3.66. The molecule has 0 spiro atoms. The summed E-state index contributed by atoms with van der Waals surface area (Å²) in [5, 5.41) is 3.14. The molecule has 0 rings (SSSR count). The molecule has 0 radical (unpaired) electrons. The van der Waals surface area contributed by atoms with Gasteiger partial charge in [-0.05, 0) is 19.8 Å². The average Bonchev–Trinajstić information content (AvgIpc) is 2.21. The van der Waals surface area contributed by atoms with Gasteiger partial charge in [-0.25, -0.2) is 0 Å². The van der Waals surface area contributed by atoms with Crippen LogP contribution in [0.15, 0.2) is 0 Å². The SMILES string of the molecule is CCC(C)NCC(=O)[C@@H](CC)CC=O. The molecule has 1 N–H and O–H groups in total. The number of hydrogen-bond donors (Lipinski definition) is 1. The zero-order valence-electron chi connectivity index (χ0n) is 9.38. The van der Waals surface area contributed by atoms with Gasteiger partial charge in [0.05, 0.1) is 6.54 Å². The molecule has 0 aliphatic rings. The lowest BCUT2D eigenvalue weighted by Gasteiger charge is -2.14. The van der Waals surface area contributed by atoms with E-state index >= 15 is 0 Å². The summed E-state index contributed by atoms with van der Waals surface area (Å²) in [5.41, 5.74) is 0. The van der Waals surface area contributed by atoms with Crippen LogP contribution in [0.25, 0.3) is 0 Å². The summed E-state index contributed by atoms with van der Waals surface area (Å²) in [6.45, 7) is 6.45. The topological polar surface area (TPSA) is 46.2 Å². The minimum Gasteiger partial charge on any atom is -0.307 e. The summed E-state index contributed by atoms with van der Waals surface area (Å²) >= 11 is 0. The standard InChI is InChI=1S/C11H21NO2/c1-4-9(3)12-8-11(14)10(5-2)6-7-13/h7,9-10,12H,4-6,8H2,1-3H3/t9?,10-/m0/s1. The van der Waals surface area contributed by atoms with Crippen molar-refractivity contribution in [2.24, 2.45) is 5.92 Å². The number of carbonyl (C=O) groups excluding carboxylic acids is 2. The smallest absolute Gasteiger partial charge is 0.150 e. The van der Waals surface area contributed by atoms with Crippen molar-refractivity contribution in [1.29, 1.82) is 0 Å². The lowest BCUT2D eigenvalue weighted by Crippen LogP contribution is -2.34. The third kappa shape index (κ3) is 5.12. The Hall–Kier alpha value is -0.700. The molecular formula is C11H21NO2. The lowest BCUT2D eigenvalue weighted by molar-refractivity contribution is -0.124. The van der Waals surface area contributed by atoms with E-state index in [0.717, 1.165) is 19.1 Å². The van der Waals surface area contributed by atoms with Gasteiger partial charge >= 0.3 is 0 Å². The Morgan fingerprint density at radius 1 is 1.36 bits per heavy atom. The molecule has 0 heterocycles. The average molecular weight is 199 g/mol. The number of aldehydes is 1. The van der Waals surface area contributed by atoms with Crippen molar-refractivity contribution in [2.45, 2.75) is 46.1 Å². The van der Waals surface area contributed by atoms with Crippen molar-refractivity contribution in [2.75, 3.05) is 6.54 Å². The zero-order chi connectivity index (χ0) is 11.0. The largest absolute Gasteiger partial charge is 0.307 e. The molecule has 0 aliphatic carbocycles. The summed E-state index contributed by atoms with van der Waals surface area (Å²) in [5.74, 6) is 0.0592. The molecule has 0 saturated carbocycles. The Bertz CT molecular complexity index is 180. The number of Topliss-reactive ketones (excluding diaryl/α,β-unsaturated/α-hetero) is 1. The van der Waals surface area contributed by atoms with Crippen LogP contribution in [0.5, 0.6) is 0 Å². The van der Waals surface area contributed by atoms with E-state index in [1.807, 2.05) is 13.8 Å². The Morgan fingerprint density at radius 3 is 2.43 bits per heavy atom. The molecule has 0 bridgehead atoms. The van der Waals surface area contributed by atoms with Gasteiger partial charge in [0.1, 0.15) is 12.1 Å². The third-order valence-electron chi connectivity index (χ3n) is 2.57. The molecule has 0 amide bonds. The van der Waals surface area contributed by atoms with Gasteiger partial charge in [-0.3, -0.25) is 4.79 Å². The van der Waals surface area contributed by atoms with Gasteiger partial charge in [-0.15, -0.1) is 0 Å². The minimum absolute atomic E-state index is 0.0935. The maximum Gasteiger partial charge on any atom is 0.150 e. The fourth-order valence-corrected chi connectivity index (χ4v) is 1.21. The molecule has 1 unspecified atom stereocenters. The van der Waals surface area contributed by atoms with Gasteiger partial charge < -0.3 is 10.1 Å². The number of ketones is 1. The van der Waals surface area contributed by atoms with Crippen LogP contribution in [0.2, 0.25) is 0 Å². The predicted molar refractivity (Wildman–Crippen MR) is 57.2 cm³/mol. The van der Waals surface area contributed by atoms with E-state index in [-0.39, 0.29) is 11.7 Å². The van der Waals surface area contributed by atoms with Crippen molar-refractivity contribution in [3.63, 3.8) is 0 Å². The molecular weight excluding hydrogens is 178 g/mol. The van der Waals surface area contributed by atoms with E-state index in [1.165, 1.54) is 0 Å². The van der Waals surface area contributed by atoms with Crippen molar-refractivity contribution in [3.05, 3.63) is 0 Å². The van der Waals surface area contributed by atoms with Gasteiger partial charge in [0.2, 0.25) is 0 Å². The number of carbonyl (C=O) groups is 2.